The number of carboxylic acids is 1. The number of aromatic nitrogens is 2. The lowest BCUT2D eigenvalue weighted by atomic mass is 9.79. The standard InChI is InChI=1S/C15H24N2O3S/c1-14(2,3)21-10-11-16-12(20-17-11)8-15(9-13(18)19)6-4-5-7-15/h4-10H2,1-3H3,(H,18,19). The highest BCUT2D eigenvalue weighted by Gasteiger charge is 2.37. The van der Waals surface area contributed by atoms with Crippen LogP contribution in [0.3, 0.4) is 0 Å². The van der Waals surface area contributed by atoms with Gasteiger partial charge in [0, 0.05) is 11.2 Å². The third-order valence-electron chi connectivity index (χ3n) is 3.86. The van der Waals surface area contributed by atoms with Crippen molar-refractivity contribution >= 4 is 17.7 Å². The summed E-state index contributed by atoms with van der Waals surface area (Å²) in [6.45, 7) is 6.46. The zero-order valence-corrected chi connectivity index (χ0v) is 13.8. The van der Waals surface area contributed by atoms with E-state index in [-0.39, 0.29) is 16.6 Å². The average molecular weight is 312 g/mol. The molecule has 1 aromatic heterocycles. The molecule has 5 nitrogen and oxygen atoms in total. The van der Waals surface area contributed by atoms with Crippen molar-refractivity contribution in [1.82, 2.24) is 10.1 Å². The summed E-state index contributed by atoms with van der Waals surface area (Å²) in [4.78, 5) is 15.5. The Bertz CT molecular complexity index is 487. The van der Waals surface area contributed by atoms with Gasteiger partial charge in [0.15, 0.2) is 5.82 Å². The van der Waals surface area contributed by atoms with Crippen molar-refractivity contribution in [1.29, 1.82) is 0 Å². The lowest BCUT2D eigenvalue weighted by Crippen LogP contribution is -2.24. The van der Waals surface area contributed by atoms with Gasteiger partial charge in [-0.25, -0.2) is 0 Å². The summed E-state index contributed by atoms with van der Waals surface area (Å²) >= 11 is 1.77. The number of thioether (sulfide) groups is 1. The van der Waals surface area contributed by atoms with Crippen LogP contribution in [0.5, 0.6) is 0 Å². The van der Waals surface area contributed by atoms with Crippen molar-refractivity contribution in [2.75, 3.05) is 0 Å². The molecular formula is C15H24N2O3S. The van der Waals surface area contributed by atoms with Gasteiger partial charge in [0.1, 0.15) is 0 Å². The van der Waals surface area contributed by atoms with E-state index in [9.17, 15) is 4.79 Å². The first kappa shape index (κ1) is 16.3. The maximum Gasteiger partial charge on any atom is 0.303 e. The highest BCUT2D eigenvalue weighted by Crippen LogP contribution is 2.43. The van der Waals surface area contributed by atoms with Gasteiger partial charge in [-0.15, -0.1) is 11.8 Å². The Hall–Kier alpha value is -1.04. The molecule has 1 heterocycles. The van der Waals surface area contributed by atoms with Gasteiger partial charge < -0.3 is 9.63 Å². The zero-order valence-electron chi connectivity index (χ0n) is 13.0. The van der Waals surface area contributed by atoms with Crippen molar-refractivity contribution < 1.29 is 14.4 Å². The molecule has 118 valence electrons. The Morgan fingerprint density at radius 2 is 2.05 bits per heavy atom. The van der Waals surface area contributed by atoms with E-state index in [1.807, 2.05) is 0 Å². The molecule has 0 radical (unpaired) electrons. The predicted molar refractivity (Wildman–Crippen MR) is 82.2 cm³/mol. The second kappa shape index (κ2) is 6.38. The van der Waals surface area contributed by atoms with E-state index in [1.165, 1.54) is 0 Å². The molecule has 1 aliphatic carbocycles. The molecule has 1 aliphatic rings. The molecule has 0 saturated heterocycles. The van der Waals surface area contributed by atoms with E-state index in [0.29, 0.717) is 18.1 Å². The van der Waals surface area contributed by atoms with Crippen LogP contribution < -0.4 is 0 Å². The van der Waals surface area contributed by atoms with Gasteiger partial charge in [-0.2, -0.15) is 4.98 Å². The molecule has 1 aromatic rings. The monoisotopic (exact) mass is 312 g/mol. The summed E-state index contributed by atoms with van der Waals surface area (Å²) in [6.07, 6.45) is 4.84. The van der Waals surface area contributed by atoms with Crippen LogP contribution in [0.25, 0.3) is 0 Å². The summed E-state index contributed by atoms with van der Waals surface area (Å²) in [7, 11) is 0. The summed E-state index contributed by atoms with van der Waals surface area (Å²) in [6, 6.07) is 0. The van der Waals surface area contributed by atoms with Crippen molar-refractivity contribution in [3.05, 3.63) is 11.7 Å². The molecule has 0 unspecified atom stereocenters. The summed E-state index contributed by atoms with van der Waals surface area (Å²) in [5.74, 6) is 1.27. The van der Waals surface area contributed by atoms with E-state index in [1.54, 1.807) is 11.8 Å². The Labute approximate surface area is 129 Å². The summed E-state index contributed by atoms with van der Waals surface area (Å²) in [5, 5.41) is 13.1. The number of hydrogen-bond acceptors (Lipinski definition) is 5. The van der Waals surface area contributed by atoms with Crippen LogP contribution in [0.4, 0.5) is 0 Å². The SMILES string of the molecule is CC(C)(C)SCc1noc(CC2(CC(=O)O)CCCC2)n1. The number of aliphatic carboxylic acids is 1. The molecule has 0 bridgehead atoms. The molecule has 6 heteroatoms. The molecule has 2 rings (SSSR count). The van der Waals surface area contributed by atoms with Crippen LogP contribution in [0.2, 0.25) is 0 Å². The van der Waals surface area contributed by atoms with Crippen molar-refractivity contribution in [3.63, 3.8) is 0 Å². The van der Waals surface area contributed by atoms with Crippen molar-refractivity contribution in [2.45, 2.75) is 69.8 Å². The van der Waals surface area contributed by atoms with Crippen molar-refractivity contribution in [2.24, 2.45) is 5.41 Å². The van der Waals surface area contributed by atoms with E-state index in [0.717, 1.165) is 31.4 Å². The smallest absolute Gasteiger partial charge is 0.303 e. The normalized spacial score (nSPS) is 18.0. The van der Waals surface area contributed by atoms with E-state index >= 15 is 0 Å². The average Bonchev–Trinajstić information content (AvgIpc) is 2.95. The zero-order chi connectivity index (χ0) is 15.5. The first-order valence-electron chi connectivity index (χ1n) is 7.45. The number of nitrogens with zero attached hydrogens (tertiary/aromatic N) is 2. The Morgan fingerprint density at radius 3 is 2.62 bits per heavy atom. The number of hydrogen-bond donors (Lipinski definition) is 1. The number of rotatable bonds is 6. The van der Waals surface area contributed by atoms with Crippen molar-refractivity contribution in [3.8, 4) is 0 Å². The molecule has 0 amide bonds. The quantitative estimate of drug-likeness (QED) is 0.863. The van der Waals surface area contributed by atoms with E-state index in [4.69, 9.17) is 9.63 Å². The van der Waals surface area contributed by atoms with Gasteiger partial charge in [-0.05, 0) is 18.3 Å². The fourth-order valence-electron chi connectivity index (χ4n) is 2.88. The second-order valence-corrected chi connectivity index (χ2v) is 8.76. The van der Waals surface area contributed by atoms with Gasteiger partial charge in [0.2, 0.25) is 5.89 Å². The molecule has 1 saturated carbocycles. The summed E-state index contributed by atoms with van der Waals surface area (Å²) in [5.41, 5.74) is -0.188. The van der Waals surface area contributed by atoms with Crippen LogP contribution in [0, 0.1) is 5.41 Å². The van der Waals surface area contributed by atoms with Gasteiger partial charge in [0.25, 0.3) is 0 Å². The van der Waals surface area contributed by atoms with Gasteiger partial charge in [-0.3, -0.25) is 4.79 Å². The summed E-state index contributed by atoms with van der Waals surface area (Å²) < 4.78 is 5.49. The number of carbonyl (C=O) groups is 1. The highest BCUT2D eigenvalue weighted by atomic mass is 32.2. The molecule has 0 aromatic carbocycles. The van der Waals surface area contributed by atoms with Crippen LogP contribution in [0.15, 0.2) is 4.52 Å². The molecule has 0 spiro atoms. The van der Waals surface area contributed by atoms with Crippen LogP contribution in [-0.4, -0.2) is 26.0 Å². The van der Waals surface area contributed by atoms with E-state index < -0.39 is 5.97 Å². The first-order chi connectivity index (χ1) is 9.78. The molecule has 1 N–H and O–H groups in total. The van der Waals surface area contributed by atoms with Crippen LogP contribution in [-0.2, 0) is 17.0 Å². The molecule has 0 aliphatic heterocycles. The maximum absolute atomic E-state index is 11.1. The number of carboxylic acid groups (broad SMARTS) is 1. The molecule has 1 fully saturated rings. The third kappa shape index (κ3) is 5.02. The van der Waals surface area contributed by atoms with Gasteiger partial charge in [-0.1, -0.05) is 38.8 Å². The first-order valence-corrected chi connectivity index (χ1v) is 8.44. The Morgan fingerprint density at radius 1 is 1.38 bits per heavy atom. The Balaban J connectivity index is 1.98. The lowest BCUT2D eigenvalue weighted by Gasteiger charge is -2.24. The third-order valence-corrected chi connectivity index (χ3v) is 5.13. The minimum absolute atomic E-state index is 0.163. The van der Waals surface area contributed by atoms with Gasteiger partial charge >= 0.3 is 5.97 Å². The topological polar surface area (TPSA) is 76.2 Å². The van der Waals surface area contributed by atoms with Crippen LogP contribution in [0.1, 0.15) is 64.6 Å². The maximum atomic E-state index is 11.1. The molecule has 0 atom stereocenters. The largest absolute Gasteiger partial charge is 0.481 e. The minimum atomic E-state index is -0.736. The minimum Gasteiger partial charge on any atom is -0.481 e. The van der Waals surface area contributed by atoms with E-state index in [2.05, 4.69) is 30.9 Å². The molecule has 21 heavy (non-hydrogen) atoms. The highest BCUT2D eigenvalue weighted by molar-refractivity contribution is 7.99. The predicted octanol–water partition coefficient (Wildman–Crippen LogP) is 3.68. The molecular weight excluding hydrogens is 288 g/mol. The van der Waals surface area contributed by atoms with Crippen LogP contribution >= 0.6 is 11.8 Å². The second-order valence-electron chi connectivity index (χ2n) is 6.96. The Kier molecular flexibility index (Phi) is 4.96. The fraction of sp³-hybridized carbons (Fsp3) is 0.800. The lowest BCUT2D eigenvalue weighted by molar-refractivity contribution is -0.139. The fourth-order valence-corrected chi connectivity index (χ4v) is 3.56. The van der Waals surface area contributed by atoms with Gasteiger partial charge in [0.05, 0.1) is 12.2 Å².